The van der Waals surface area contributed by atoms with Crippen LogP contribution < -0.4 is 4.94 Å². The van der Waals surface area contributed by atoms with Crippen molar-refractivity contribution in [3.05, 3.63) is 36.4 Å². The first-order chi connectivity index (χ1) is 7.62. The molecule has 2 rings (SSSR count). The zero-order valence-electron chi connectivity index (χ0n) is 7.93. The van der Waals surface area contributed by atoms with Crippen LogP contribution in [-0.2, 0) is 4.08 Å². The highest BCUT2D eigenvalue weighted by molar-refractivity contribution is 8.00. The number of hydrogen-bond acceptors (Lipinski definition) is 6. The Balaban J connectivity index is 2.18. The highest BCUT2D eigenvalue weighted by Crippen LogP contribution is 2.29. The number of rotatable bonds is 3. The molecule has 0 fully saturated rings. The summed E-state index contributed by atoms with van der Waals surface area (Å²) in [5, 5.41) is 16.6. The summed E-state index contributed by atoms with van der Waals surface area (Å²) in [4.78, 5) is 7.56. The normalized spacial score (nSPS) is 11.1. The summed E-state index contributed by atoms with van der Waals surface area (Å²) in [6, 6.07) is 5.20. The summed E-state index contributed by atoms with van der Waals surface area (Å²) in [7, 11) is 0. The second kappa shape index (κ2) is 4.11. The van der Waals surface area contributed by atoms with Crippen LogP contribution in [-0.4, -0.2) is 19.9 Å². The number of nitrogens with zero attached hydrogens (tertiary/aromatic N) is 5. The highest BCUT2D eigenvalue weighted by atomic mass is 32.2. The summed E-state index contributed by atoms with van der Waals surface area (Å²) in [5.41, 5.74) is 0.383. The van der Waals surface area contributed by atoms with Crippen LogP contribution in [0.2, 0.25) is 0 Å². The lowest BCUT2D eigenvalue weighted by Crippen LogP contribution is -2.20. The van der Waals surface area contributed by atoms with E-state index < -0.39 is 4.08 Å². The zero-order chi connectivity index (χ0) is 11.6. The summed E-state index contributed by atoms with van der Waals surface area (Å²) in [6.45, 7) is 0. The van der Waals surface area contributed by atoms with Crippen LogP contribution >= 0.6 is 25.3 Å². The van der Waals surface area contributed by atoms with Crippen LogP contribution in [0.15, 0.2) is 30.7 Å². The van der Waals surface area contributed by atoms with E-state index in [1.807, 2.05) is 6.07 Å². The van der Waals surface area contributed by atoms with Crippen LogP contribution in [0.4, 0.5) is 0 Å². The predicted octanol–water partition coefficient (Wildman–Crippen LogP) is 0.507. The molecule has 0 aliphatic carbocycles. The molecule has 0 aliphatic rings. The van der Waals surface area contributed by atoms with E-state index in [2.05, 4.69) is 35.5 Å². The summed E-state index contributed by atoms with van der Waals surface area (Å²) >= 11 is 8.11. The molecule has 0 saturated carbocycles. The minimum atomic E-state index is -1.24. The van der Waals surface area contributed by atoms with Gasteiger partial charge >= 0.3 is 0 Å². The van der Waals surface area contributed by atoms with Gasteiger partial charge < -0.3 is 0 Å². The van der Waals surface area contributed by atoms with Crippen molar-refractivity contribution in [2.45, 2.75) is 4.08 Å². The molecule has 0 spiro atoms. The molecule has 6 nitrogen and oxygen atoms in total. The smallest absolute Gasteiger partial charge is 0.186 e. The third-order valence-electron chi connectivity index (χ3n) is 1.73. The Labute approximate surface area is 102 Å². The van der Waals surface area contributed by atoms with E-state index in [1.165, 1.54) is 15.9 Å². The van der Waals surface area contributed by atoms with Gasteiger partial charge in [-0.1, -0.05) is 9.69 Å². The first kappa shape index (κ1) is 10.9. The maximum absolute atomic E-state index is 8.80. The topological polar surface area (TPSA) is 68.7 Å². The molecule has 2 aromatic heterocycles. The van der Waals surface area contributed by atoms with Gasteiger partial charge in [0.2, 0.25) is 0 Å². The van der Waals surface area contributed by atoms with Gasteiger partial charge in [0.1, 0.15) is 5.69 Å². The first-order valence-corrected chi connectivity index (χ1v) is 5.12. The quantitative estimate of drug-likeness (QED) is 0.617. The third-order valence-corrected chi connectivity index (χ3v) is 2.38. The van der Waals surface area contributed by atoms with E-state index >= 15 is 0 Å². The van der Waals surface area contributed by atoms with Crippen LogP contribution in [0.3, 0.4) is 0 Å². The fourth-order valence-electron chi connectivity index (χ4n) is 0.985. The summed E-state index contributed by atoms with van der Waals surface area (Å²) in [5.74, 6) is 0. The third kappa shape index (κ3) is 2.15. The number of aromatic nitrogens is 4. The molecule has 0 atom stereocenters. The van der Waals surface area contributed by atoms with Gasteiger partial charge in [0, 0.05) is 0 Å². The monoisotopic (exact) mass is 253 g/mol. The average Bonchev–Trinajstić information content (AvgIpc) is 2.89. The van der Waals surface area contributed by atoms with Gasteiger partial charge in [0.05, 0.1) is 24.7 Å². The largest absolute Gasteiger partial charge is 0.247 e. The minimum absolute atomic E-state index is 0.383. The Morgan fingerprint density at radius 2 is 2.19 bits per heavy atom. The Kier molecular flexibility index (Phi) is 2.80. The molecule has 0 amide bonds. The van der Waals surface area contributed by atoms with Gasteiger partial charge in [0.15, 0.2) is 4.08 Å². The Morgan fingerprint density at radius 1 is 1.38 bits per heavy atom. The number of thiol groups is 2. The van der Waals surface area contributed by atoms with E-state index in [4.69, 9.17) is 10.2 Å². The second-order valence-electron chi connectivity index (χ2n) is 2.88. The fourth-order valence-corrected chi connectivity index (χ4v) is 1.22. The molecule has 2 aromatic rings. The molecule has 0 aromatic carbocycles. The van der Waals surface area contributed by atoms with Crippen molar-refractivity contribution in [3.8, 4) is 6.07 Å². The van der Waals surface area contributed by atoms with Gasteiger partial charge in [-0.25, -0.2) is 4.94 Å². The standard InChI is InChI=1S/C8H7N5OS2/c9-6-8(15,16)7-2-5-13(11-7)14-12-4-1-3-10-12/h1-5,15-16H. The van der Waals surface area contributed by atoms with E-state index in [-0.39, 0.29) is 0 Å². The highest BCUT2D eigenvalue weighted by Gasteiger charge is 2.25. The SMILES string of the molecule is N#CC(S)(S)c1ccn(On2cccn2)n1. The zero-order valence-corrected chi connectivity index (χ0v) is 9.71. The lowest BCUT2D eigenvalue weighted by Gasteiger charge is -2.08. The minimum Gasteiger partial charge on any atom is -0.247 e. The molecule has 8 heteroatoms. The fraction of sp³-hybridized carbons (Fsp3) is 0.125. The first-order valence-electron chi connectivity index (χ1n) is 4.22. The lowest BCUT2D eigenvalue weighted by molar-refractivity contribution is -0.00966. The Morgan fingerprint density at radius 3 is 2.81 bits per heavy atom. The van der Waals surface area contributed by atoms with E-state index in [0.29, 0.717) is 5.69 Å². The van der Waals surface area contributed by atoms with Gasteiger partial charge in [-0.05, 0) is 12.1 Å². The van der Waals surface area contributed by atoms with Gasteiger partial charge in [0.25, 0.3) is 0 Å². The van der Waals surface area contributed by atoms with Crippen LogP contribution in [0.1, 0.15) is 5.69 Å². The number of nitriles is 1. The molecular weight excluding hydrogens is 246 g/mol. The predicted molar refractivity (Wildman–Crippen MR) is 61.7 cm³/mol. The van der Waals surface area contributed by atoms with Crippen LogP contribution in [0, 0.1) is 11.3 Å². The average molecular weight is 253 g/mol. The maximum Gasteiger partial charge on any atom is 0.186 e. The molecule has 0 radical (unpaired) electrons. The maximum atomic E-state index is 8.80. The molecule has 0 saturated heterocycles. The van der Waals surface area contributed by atoms with Gasteiger partial charge in [-0.3, -0.25) is 0 Å². The molecular formula is C8H7N5OS2. The van der Waals surface area contributed by atoms with Crippen molar-refractivity contribution in [1.82, 2.24) is 19.9 Å². The molecule has 0 N–H and O–H groups in total. The van der Waals surface area contributed by atoms with Crippen LogP contribution in [0.5, 0.6) is 0 Å². The molecule has 0 aliphatic heterocycles. The van der Waals surface area contributed by atoms with Crippen molar-refractivity contribution in [2.75, 3.05) is 0 Å². The van der Waals surface area contributed by atoms with Gasteiger partial charge in [-0.2, -0.15) is 5.26 Å². The van der Waals surface area contributed by atoms with Crippen LogP contribution in [0.25, 0.3) is 0 Å². The second-order valence-corrected chi connectivity index (χ2v) is 4.57. The molecule has 0 bridgehead atoms. The van der Waals surface area contributed by atoms with E-state index in [0.717, 1.165) is 0 Å². The van der Waals surface area contributed by atoms with Crippen molar-refractivity contribution in [3.63, 3.8) is 0 Å². The van der Waals surface area contributed by atoms with Crippen molar-refractivity contribution >= 4 is 25.3 Å². The van der Waals surface area contributed by atoms with Crippen molar-refractivity contribution in [1.29, 1.82) is 5.26 Å². The van der Waals surface area contributed by atoms with E-state index in [1.54, 1.807) is 24.5 Å². The number of hydrogen-bond donors (Lipinski definition) is 2. The summed E-state index contributed by atoms with van der Waals surface area (Å²) < 4.78 is -1.24. The Bertz CT molecular complexity index is 513. The molecule has 82 valence electrons. The van der Waals surface area contributed by atoms with Gasteiger partial charge in [-0.15, -0.1) is 35.5 Å². The van der Waals surface area contributed by atoms with Crippen molar-refractivity contribution in [2.24, 2.45) is 0 Å². The van der Waals surface area contributed by atoms with E-state index in [9.17, 15) is 0 Å². The van der Waals surface area contributed by atoms with Crippen molar-refractivity contribution < 1.29 is 4.94 Å². The Hall–Kier alpha value is -1.59. The molecule has 2 heterocycles. The summed E-state index contributed by atoms with van der Waals surface area (Å²) in [6.07, 6.45) is 4.72. The molecule has 0 unspecified atom stereocenters. The lowest BCUT2D eigenvalue weighted by atomic mass is 10.3. The molecule has 16 heavy (non-hydrogen) atoms.